The zero-order valence-electron chi connectivity index (χ0n) is 8.75. The highest BCUT2D eigenvalue weighted by Crippen LogP contribution is 2.15. The van der Waals surface area contributed by atoms with E-state index in [-0.39, 0.29) is 5.28 Å². The Labute approximate surface area is 104 Å². The lowest BCUT2D eigenvalue weighted by Gasteiger charge is -2.10. The van der Waals surface area contributed by atoms with E-state index in [0.717, 1.165) is 12.1 Å². The molecule has 1 aromatic rings. The fourth-order valence-electron chi connectivity index (χ4n) is 1.67. The molecule has 0 aliphatic carbocycles. The molecule has 0 unspecified atom stereocenters. The van der Waals surface area contributed by atoms with Gasteiger partial charge < -0.3 is 10.1 Å². The molecule has 1 atom stereocenters. The van der Waals surface area contributed by atoms with Crippen LogP contribution in [0.4, 0.5) is 0 Å². The third-order valence-corrected chi connectivity index (χ3v) is 3.03. The Morgan fingerprint density at radius 1 is 1.50 bits per heavy atom. The zero-order valence-corrected chi connectivity index (χ0v) is 10.3. The Kier molecular flexibility index (Phi) is 4.35. The second-order valence-electron chi connectivity index (χ2n) is 3.76. The van der Waals surface area contributed by atoms with Gasteiger partial charge in [0, 0.05) is 17.8 Å². The number of aromatic nitrogens is 2. The molecule has 4 nitrogen and oxygen atoms in total. The van der Waals surface area contributed by atoms with Crippen LogP contribution < -0.4 is 5.32 Å². The first-order valence-corrected chi connectivity index (χ1v) is 5.99. The predicted molar refractivity (Wildman–Crippen MR) is 62.7 cm³/mol. The lowest BCUT2D eigenvalue weighted by atomic mass is 10.2. The molecule has 1 aliphatic rings. The highest BCUT2D eigenvalue weighted by atomic mass is 35.5. The van der Waals surface area contributed by atoms with Crippen molar-refractivity contribution in [1.29, 1.82) is 0 Å². The lowest BCUT2D eigenvalue weighted by molar-refractivity contribution is 0.103. The number of halogens is 2. The van der Waals surface area contributed by atoms with Gasteiger partial charge in [-0.3, -0.25) is 0 Å². The van der Waals surface area contributed by atoms with Gasteiger partial charge in [-0.1, -0.05) is 11.6 Å². The molecule has 2 rings (SSSR count). The zero-order chi connectivity index (χ0) is 11.4. The summed E-state index contributed by atoms with van der Waals surface area (Å²) in [5.74, 6) is 0. The molecular weight excluding hydrogens is 249 g/mol. The van der Waals surface area contributed by atoms with Crippen LogP contribution in [0.25, 0.3) is 0 Å². The molecule has 1 saturated heterocycles. The molecule has 2 heterocycles. The van der Waals surface area contributed by atoms with E-state index in [0.29, 0.717) is 24.4 Å². The summed E-state index contributed by atoms with van der Waals surface area (Å²) >= 11 is 11.5. The highest BCUT2D eigenvalue weighted by Gasteiger charge is 2.14. The summed E-state index contributed by atoms with van der Waals surface area (Å²) in [6, 6.07) is 0.465. The Bertz CT molecular complexity index is 356. The summed E-state index contributed by atoms with van der Waals surface area (Å²) in [4.78, 5) is 7.71. The number of hydrogen-bond acceptors (Lipinski definition) is 4. The van der Waals surface area contributed by atoms with Crippen molar-refractivity contribution in [2.24, 2.45) is 0 Å². The topological polar surface area (TPSA) is 47.0 Å². The summed E-state index contributed by atoms with van der Waals surface area (Å²) in [6.07, 6.45) is 3.99. The summed E-state index contributed by atoms with van der Waals surface area (Å²) in [6.45, 7) is 2.20. The van der Waals surface area contributed by atoms with Gasteiger partial charge in [0.25, 0.3) is 0 Å². The van der Waals surface area contributed by atoms with Gasteiger partial charge in [-0.15, -0.1) is 0 Å². The van der Waals surface area contributed by atoms with E-state index in [1.807, 2.05) is 0 Å². The van der Waals surface area contributed by atoms with Crippen molar-refractivity contribution in [3.8, 4) is 0 Å². The first-order valence-electron chi connectivity index (χ1n) is 5.24. The van der Waals surface area contributed by atoms with Crippen molar-refractivity contribution < 1.29 is 4.74 Å². The molecule has 0 aromatic carbocycles. The van der Waals surface area contributed by atoms with Gasteiger partial charge in [-0.05, 0) is 31.0 Å². The maximum atomic E-state index is 5.89. The van der Waals surface area contributed by atoms with Crippen molar-refractivity contribution in [3.63, 3.8) is 0 Å². The van der Waals surface area contributed by atoms with Gasteiger partial charge in [0.15, 0.2) is 0 Å². The highest BCUT2D eigenvalue weighted by molar-refractivity contribution is 6.32. The van der Waals surface area contributed by atoms with E-state index in [2.05, 4.69) is 15.3 Å². The molecule has 0 saturated carbocycles. The van der Waals surface area contributed by atoms with Crippen molar-refractivity contribution in [1.82, 2.24) is 15.3 Å². The normalized spacial score (nSPS) is 20.2. The fraction of sp³-hybridized carbons (Fsp3) is 0.600. The van der Waals surface area contributed by atoms with E-state index < -0.39 is 0 Å². The van der Waals surface area contributed by atoms with Crippen molar-refractivity contribution in [3.05, 3.63) is 22.2 Å². The molecule has 0 radical (unpaired) electrons. The van der Waals surface area contributed by atoms with Gasteiger partial charge in [-0.2, -0.15) is 0 Å². The Hall–Kier alpha value is -0.420. The lowest BCUT2D eigenvalue weighted by Crippen LogP contribution is -2.26. The van der Waals surface area contributed by atoms with Crippen LogP contribution in [0.15, 0.2) is 6.20 Å². The Balaban J connectivity index is 1.80. The van der Waals surface area contributed by atoms with Crippen LogP contribution in [-0.2, 0) is 11.3 Å². The van der Waals surface area contributed by atoms with Crippen LogP contribution in [0, 0.1) is 0 Å². The summed E-state index contributed by atoms with van der Waals surface area (Å²) in [7, 11) is 0. The number of hydrogen-bond donors (Lipinski definition) is 1. The van der Waals surface area contributed by atoms with Crippen LogP contribution in [0.3, 0.4) is 0 Å². The maximum Gasteiger partial charge on any atom is 0.223 e. The molecule has 1 fully saturated rings. The van der Waals surface area contributed by atoms with Gasteiger partial charge in [0.2, 0.25) is 5.28 Å². The van der Waals surface area contributed by atoms with Crippen LogP contribution in [-0.4, -0.2) is 29.2 Å². The summed E-state index contributed by atoms with van der Waals surface area (Å²) in [5.41, 5.74) is 0.768. The average Bonchev–Trinajstić information content (AvgIpc) is 2.74. The van der Waals surface area contributed by atoms with Gasteiger partial charge in [0.05, 0.1) is 13.2 Å². The standard InChI is InChI=1S/C10H13Cl2N3O/c11-9-7(4-14-10(12)15-9)5-16-6-8-2-1-3-13-8/h4,8,13H,1-3,5-6H2/t8-/m0/s1. The van der Waals surface area contributed by atoms with Crippen LogP contribution in [0.5, 0.6) is 0 Å². The third-order valence-electron chi connectivity index (χ3n) is 2.52. The maximum absolute atomic E-state index is 5.89. The number of rotatable bonds is 4. The van der Waals surface area contributed by atoms with E-state index in [1.54, 1.807) is 6.20 Å². The van der Waals surface area contributed by atoms with Crippen molar-refractivity contribution in [2.75, 3.05) is 13.2 Å². The SMILES string of the molecule is Clc1ncc(COC[C@@H]2CCCN2)c(Cl)n1. The van der Waals surface area contributed by atoms with Gasteiger partial charge >= 0.3 is 0 Å². The van der Waals surface area contributed by atoms with E-state index in [9.17, 15) is 0 Å². The second kappa shape index (κ2) is 5.77. The minimum Gasteiger partial charge on any atom is -0.375 e. The molecule has 1 aliphatic heterocycles. The average molecular weight is 262 g/mol. The Morgan fingerprint density at radius 3 is 3.06 bits per heavy atom. The fourth-order valence-corrected chi connectivity index (χ4v) is 2.03. The van der Waals surface area contributed by atoms with Crippen LogP contribution >= 0.6 is 23.2 Å². The first-order chi connectivity index (χ1) is 7.75. The van der Waals surface area contributed by atoms with Crippen LogP contribution in [0.1, 0.15) is 18.4 Å². The minimum atomic E-state index is 0.159. The predicted octanol–water partition coefficient (Wildman–Crippen LogP) is 2.05. The van der Waals surface area contributed by atoms with Crippen molar-refractivity contribution in [2.45, 2.75) is 25.5 Å². The molecule has 0 bridgehead atoms. The molecular formula is C10H13Cl2N3O. The largest absolute Gasteiger partial charge is 0.375 e. The Morgan fingerprint density at radius 2 is 2.38 bits per heavy atom. The van der Waals surface area contributed by atoms with Gasteiger partial charge in [-0.25, -0.2) is 9.97 Å². The third kappa shape index (κ3) is 3.28. The van der Waals surface area contributed by atoms with E-state index in [1.165, 1.54) is 12.8 Å². The smallest absolute Gasteiger partial charge is 0.223 e. The number of nitrogens with zero attached hydrogens (tertiary/aromatic N) is 2. The molecule has 1 aromatic heterocycles. The second-order valence-corrected chi connectivity index (χ2v) is 4.46. The van der Waals surface area contributed by atoms with Crippen molar-refractivity contribution >= 4 is 23.2 Å². The number of nitrogens with one attached hydrogen (secondary N) is 1. The molecule has 88 valence electrons. The van der Waals surface area contributed by atoms with Crippen LogP contribution in [0.2, 0.25) is 10.4 Å². The monoisotopic (exact) mass is 261 g/mol. The minimum absolute atomic E-state index is 0.159. The number of ether oxygens (including phenoxy) is 1. The summed E-state index contributed by atoms with van der Waals surface area (Å²) in [5, 5.41) is 3.88. The van der Waals surface area contributed by atoms with E-state index >= 15 is 0 Å². The molecule has 1 N–H and O–H groups in total. The molecule has 0 spiro atoms. The molecule has 6 heteroatoms. The van der Waals surface area contributed by atoms with Gasteiger partial charge in [0.1, 0.15) is 5.15 Å². The first kappa shape index (κ1) is 12.0. The quantitative estimate of drug-likeness (QED) is 0.666. The molecule has 16 heavy (non-hydrogen) atoms. The summed E-state index contributed by atoms with van der Waals surface area (Å²) < 4.78 is 5.55. The van der Waals surface area contributed by atoms with E-state index in [4.69, 9.17) is 27.9 Å². The molecule has 0 amide bonds.